The molecule has 6 nitrogen and oxygen atoms in total. The zero-order valence-electron chi connectivity index (χ0n) is 13.0. The molecular formula is C16H21N5O. The second kappa shape index (κ2) is 6.27. The molecule has 0 spiro atoms. The fraction of sp³-hybridized carbons (Fsp3) is 0.438. The molecule has 1 atom stereocenters. The molecule has 2 aromatic heterocycles. The molecule has 1 aliphatic heterocycles. The van der Waals surface area contributed by atoms with Crippen molar-refractivity contribution in [3.63, 3.8) is 0 Å². The van der Waals surface area contributed by atoms with Crippen molar-refractivity contribution in [3.8, 4) is 5.82 Å². The lowest BCUT2D eigenvalue weighted by atomic mass is 9.97. The summed E-state index contributed by atoms with van der Waals surface area (Å²) in [4.78, 5) is 23.1. The highest BCUT2D eigenvalue weighted by Crippen LogP contribution is 2.18. The molecule has 1 N–H and O–H groups in total. The van der Waals surface area contributed by atoms with Crippen LogP contribution in [0.25, 0.3) is 5.82 Å². The maximum absolute atomic E-state index is 12.3. The number of rotatable bonds is 3. The third-order valence-corrected chi connectivity index (χ3v) is 4.08. The Morgan fingerprint density at radius 3 is 2.86 bits per heavy atom. The Morgan fingerprint density at radius 2 is 2.23 bits per heavy atom. The van der Waals surface area contributed by atoms with Crippen molar-refractivity contribution in [1.82, 2.24) is 19.4 Å². The number of carbonyl (C=O) groups is 1. The molecule has 0 saturated carbocycles. The van der Waals surface area contributed by atoms with Crippen LogP contribution in [0, 0.1) is 12.8 Å². The molecule has 2 aromatic rings. The quantitative estimate of drug-likeness (QED) is 0.939. The first-order valence-corrected chi connectivity index (χ1v) is 7.59. The second-order valence-corrected chi connectivity index (χ2v) is 5.84. The minimum atomic E-state index is 0.0642. The first-order valence-electron chi connectivity index (χ1n) is 7.59. The van der Waals surface area contributed by atoms with Gasteiger partial charge < -0.3 is 10.2 Å². The molecule has 116 valence electrons. The highest BCUT2D eigenvalue weighted by Gasteiger charge is 2.23. The molecule has 22 heavy (non-hydrogen) atoms. The first kappa shape index (κ1) is 14.7. The Morgan fingerprint density at radius 1 is 1.36 bits per heavy atom. The number of nitrogens with one attached hydrogen (secondary N) is 1. The van der Waals surface area contributed by atoms with E-state index in [9.17, 15) is 4.79 Å². The number of hydrogen-bond acceptors (Lipinski definition) is 4. The van der Waals surface area contributed by atoms with Gasteiger partial charge in [0.1, 0.15) is 11.6 Å². The number of aryl methyl sites for hydroxylation is 1. The number of amides is 1. The largest absolute Gasteiger partial charge is 0.324 e. The van der Waals surface area contributed by atoms with Gasteiger partial charge >= 0.3 is 0 Å². The van der Waals surface area contributed by atoms with Crippen LogP contribution < -0.4 is 5.32 Å². The molecule has 0 aromatic carbocycles. The zero-order chi connectivity index (χ0) is 15.5. The van der Waals surface area contributed by atoms with Crippen LogP contribution >= 0.6 is 0 Å². The molecule has 0 radical (unpaired) electrons. The van der Waals surface area contributed by atoms with Crippen molar-refractivity contribution in [2.24, 2.45) is 5.92 Å². The van der Waals surface area contributed by atoms with E-state index in [0.29, 0.717) is 0 Å². The predicted molar refractivity (Wildman–Crippen MR) is 84.9 cm³/mol. The van der Waals surface area contributed by atoms with Crippen LogP contribution in [-0.2, 0) is 4.79 Å². The Hall–Kier alpha value is -2.21. The number of pyridine rings is 1. The third kappa shape index (κ3) is 3.17. The van der Waals surface area contributed by atoms with E-state index in [1.54, 1.807) is 12.4 Å². The summed E-state index contributed by atoms with van der Waals surface area (Å²) in [6.07, 6.45) is 7.33. The van der Waals surface area contributed by atoms with Crippen molar-refractivity contribution in [2.45, 2.75) is 19.8 Å². The normalized spacial score (nSPS) is 19.1. The predicted octanol–water partition coefficient (Wildman–Crippen LogP) is 1.86. The van der Waals surface area contributed by atoms with Crippen molar-refractivity contribution in [3.05, 3.63) is 36.5 Å². The van der Waals surface area contributed by atoms with E-state index in [4.69, 9.17) is 0 Å². The van der Waals surface area contributed by atoms with Crippen LogP contribution in [0.1, 0.15) is 18.7 Å². The van der Waals surface area contributed by atoms with Gasteiger partial charge in [-0.25, -0.2) is 9.97 Å². The van der Waals surface area contributed by atoms with Gasteiger partial charge in [-0.05, 0) is 45.5 Å². The lowest BCUT2D eigenvalue weighted by molar-refractivity contribution is -0.121. The van der Waals surface area contributed by atoms with Gasteiger partial charge in [-0.3, -0.25) is 9.36 Å². The van der Waals surface area contributed by atoms with E-state index in [2.05, 4.69) is 27.2 Å². The molecular weight excluding hydrogens is 278 g/mol. The molecule has 0 bridgehead atoms. The zero-order valence-corrected chi connectivity index (χ0v) is 13.0. The average molecular weight is 299 g/mol. The first-order chi connectivity index (χ1) is 10.6. The summed E-state index contributed by atoms with van der Waals surface area (Å²) in [6, 6.07) is 3.77. The van der Waals surface area contributed by atoms with E-state index in [-0.39, 0.29) is 11.8 Å². The number of piperidine rings is 1. The van der Waals surface area contributed by atoms with E-state index in [0.717, 1.165) is 43.3 Å². The number of hydrogen-bond donors (Lipinski definition) is 1. The number of aromatic nitrogens is 3. The van der Waals surface area contributed by atoms with Crippen LogP contribution in [0.15, 0.2) is 30.7 Å². The Balaban J connectivity index is 1.66. The molecule has 1 saturated heterocycles. The maximum atomic E-state index is 12.3. The van der Waals surface area contributed by atoms with Crippen LogP contribution in [-0.4, -0.2) is 45.5 Å². The maximum Gasteiger partial charge on any atom is 0.228 e. The fourth-order valence-electron chi connectivity index (χ4n) is 2.85. The molecule has 1 amide bonds. The van der Waals surface area contributed by atoms with Crippen molar-refractivity contribution >= 4 is 11.6 Å². The van der Waals surface area contributed by atoms with Gasteiger partial charge in [-0.15, -0.1) is 0 Å². The van der Waals surface area contributed by atoms with Crippen LogP contribution in [0.3, 0.4) is 0 Å². The van der Waals surface area contributed by atoms with Crippen molar-refractivity contribution < 1.29 is 4.79 Å². The van der Waals surface area contributed by atoms with Gasteiger partial charge in [0.15, 0.2) is 0 Å². The number of likely N-dealkylation sites (tertiary alicyclic amines) is 1. The second-order valence-electron chi connectivity index (χ2n) is 5.84. The van der Waals surface area contributed by atoms with Crippen molar-refractivity contribution in [2.75, 3.05) is 25.5 Å². The molecule has 3 rings (SSSR count). The summed E-state index contributed by atoms with van der Waals surface area (Å²) in [5.74, 6) is 1.83. The van der Waals surface area contributed by atoms with Gasteiger partial charge in [-0.1, -0.05) is 0 Å². The smallest absolute Gasteiger partial charge is 0.228 e. The van der Waals surface area contributed by atoms with E-state index >= 15 is 0 Å². The summed E-state index contributed by atoms with van der Waals surface area (Å²) in [6.45, 7) is 3.83. The standard InChI is InChI=1S/C16H21N5O/c1-12-17-7-9-21(12)15-6-5-14(10-18-15)19-16(22)13-4-3-8-20(2)11-13/h5-7,9-10,13H,3-4,8,11H2,1-2H3,(H,19,22). The molecule has 1 fully saturated rings. The van der Waals surface area contributed by atoms with Crippen LogP contribution in [0.2, 0.25) is 0 Å². The Bertz CT molecular complexity index is 649. The summed E-state index contributed by atoms with van der Waals surface area (Å²) in [7, 11) is 2.06. The van der Waals surface area contributed by atoms with Gasteiger partial charge in [0.25, 0.3) is 0 Å². The summed E-state index contributed by atoms with van der Waals surface area (Å²) in [5.41, 5.74) is 0.736. The monoisotopic (exact) mass is 299 g/mol. The van der Waals surface area contributed by atoms with Crippen LogP contribution in [0.4, 0.5) is 5.69 Å². The van der Waals surface area contributed by atoms with E-state index < -0.39 is 0 Å². The van der Waals surface area contributed by atoms with Gasteiger partial charge in [-0.2, -0.15) is 0 Å². The summed E-state index contributed by atoms with van der Waals surface area (Å²) >= 11 is 0. The summed E-state index contributed by atoms with van der Waals surface area (Å²) < 4.78 is 1.90. The Kier molecular flexibility index (Phi) is 4.20. The SMILES string of the molecule is Cc1nccn1-c1ccc(NC(=O)C2CCCN(C)C2)cn1. The third-order valence-electron chi connectivity index (χ3n) is 4.08. The molecule has 1 aliphatic rings. The van der Waals surface area contributed by atoms with Gasteiger partial charge in [0.05, 0.1) is 17.8 Å². The highest BCUT2D eigenvalue weighted by atomic mass is 16.1. The topological polar surface area (TPSA) is 63.1 Å². The number of imidazole rings is 1. The van der Waals surface area contributed by atoms with Gasteiger partial charge in [0.2, 0.25) is 5.91 Å². The molecule has 0 aliphatic carbocycles. The minimum absolute atomic E-state index is 0.0642. The van der Waals surface area contributed by atoms with E-state index in [1.165, 1.54) is 0 Å². The molecule has 3 heterocycles. The number of nitrogens with zero attached hydrogens (tertiary/aromatic N) is 4. The number of anilines is 1. The lowest BCUT2D eigenvalue weighted by Gasteiger charge is -2.28. The lowest BCUT2D eigenvalue weighted by Crippen LogP contribution is -2.38. The Labute approximate surface area is 130 Å². The highest BCUT2D eigenvalue weighted by molar-refractivity contribution is 5.92. The number of carbonyl (C=O) groups excluding carboxylic acids is 1. The van der Waals surface area contributed by atoms with Crippen LogP contribution in [0.5, 0.6) is 0 Å². The molecule has 1 unspecified atom stereocenters. The average Bonchev–Trinajstić information content (AvgIpc) is 2.94. The molecule has 6 heteroatoms. The van der Waals surface area contributed by atoms with E-state index in [1.807, 2.05) is 29.8 Å². The minimum Gasteiger partial charge on any atom is -0.324 e. The van der Waals surface area contributed by atoms with Gasteiger partial charge in [0, 0.05) is 18.9 Å². The summed E-state index contributed by atoms with van der Waals surface area (Å²) in [5, 5.41) is 2.97. The fourth-order valence-corrected chi connectivity index (χ4v) is 2.85. The van der Waals surface area contributed by atoms with Crippen molar-refractivity contribution in [1.29, 1.82) is 0 Å².